The largest absolute Gasteiger partial charge is 0.487 e. The Balaban J connectivity index is 1.22. The molecule has 162 valence electrons. The molecule has 0 spiro atoms. The van der Waals surface area contributed by atoms with Crippen molar-refractivity contribution in [3.05, 3.63) is 107 Å². The van der Waals surface area contributed by atoms with Gasteiger partial charge in [-0.1, -0.05) is 36.4 Å². The summed E-state index contributed by atoms with van der Waals surface area (Å²) in [5.41, 5.74) is 4.97. The van der Waals surface area contributed by atoms with Crippen molar-refractivity contribution in [1.29, 1.82) is 0 Å². The van der Waals surface area contributed by atoms with Crippen LogP contribution >= 0.6 is 11.3 Å². The molecule has 1 amide bonds. The zero-order chi connectivity index (χ0) is 22.6. The number of aromatic nitrogens is 2. The summed E-state index contributed by atoms with van der Waals surface area (Å²) in [6.07, 6.45) is 0. The number of carbonyl (C=O) groups excluding carboxylic acids is 1. The number of hydrogen-bond acceptors (Lipinski definition) is 5. The molecule has 0 unspecified atom stereocenters. The number of aryl methyl sites for hydroxylation is 1. The maximum Gasteiger partial charge on any atom is 0.255 e. The van der Waals surface area contributed by atoms with E-state index in [1.807, 2.05) is 73.0 Å². The highest BCUT2D eigenvalue weighted by atomic mass is 32.1. The zero-order valence-electron chi connectivity index (χ0n) is 18.0. The fourth-order valence-electron chi connectivity index (χ4n) is 3.50. The molecule has 5 rings (SSSR count). The topological polar surface area (TPSA) is 64.1 Å². The van der Waals surface area contributed by atoms with E-state index in [1.54, 1.807) is 35.6 Å². The number of pyridine rings is 1. The van der Waals surface area contributed by atoms with Crippen molar-refractivity contribution < 1.29 is 9.53 Å². The first-order valence-electron chi connectivity index (χ1n) is 10.6. The third-order valence-corrected chi connectivity index (χ3v) is 5.97. The van der Waals surface area contributed by atoms with E-state index in [-0.39, 0.29) is 5.91 Å². The fraction of sp³-hybridized carbons (Fsp3) is 0.0741. The molecule has 0 atom stereocenters. The number of hydrogen-bond donors (Lipinski definition) is 1. The van der Waals surface area contributed by atoms with Crippen LogP contribution in [0.15, 0.2) is 90.3 Å². The Bertz CT molecular complexity index is 1430. The molecule has 1 N–H and O–H groups in total. The van der Waals surface area contributed by atoms with Gasteiger partial charge in [-0.2, -0.15) is 0 Å². The smallest absolute Gasteiger partial charge is 0.255 e. The molecule has 2 aromatic heterocycles. The molecule has 0 aliphatic carbocycles. The number of carbonyl (C=O) groups is 1. The van der Waals surface area contributed by atoms with Gasteiger partial charge in [0.1, 0.15) is 12.4 Å². The molecule has 3 aromatic carbocycles. The average Bonchev–Trinajstić information content (AvgIpc) is 3.29. The van der Waals surface area contributed by atoms with Crippen LogP contribution in [-0.2, 0) is 6.61 Å². The Morgan fingerprint density at radius 2 is 1.79 bits per heavy atom. The molecule has 5 nitrogen and oxygen atoms in total. The van der Waals surface area contributed by atoms with E-state index in [0.717, 1.165) is 38.5 Å². The standard InChI is InChI=1S/C27H21N3O2S/c1-18-28-26(17-33-18)21-6-4-7-22(15-21)30-27(31)20-10-13-24(14-11-20)32-16-23-12-9-19-5-2-3-8-25(19)29-23/h2-15,17H,16H2,1H3,(H,30,31). The molecule has 0 aliphatic heterocycles. The Labute approximate surface area is 195 Å². The van der Waals surface area contributed by atoms with E-state index in [1.165, 1.54) is 0 Å². The van der Waals surface area contributed by atoms with E-state index in [9.17, 15) is 4.79 Å². The minimum absolute atomic E-state index is 0.177. The van der Waals surface area contributed by atoms with Gasteiger partial charge in [0.15, 0.2) is 0 Å². The second-order valence-corrected chi connectivity index (χ2v) is 8.66. The number of para-hydroxylation sites is 1. The van der Waals surface area contributed by atoms with Crippen molar-refractivity contribution >= 4 is 33.8 Å². The summed E-state index contributed by atoms with van der Waals surface area (Å²) < 4.78 is 5.86. The van der Waals surface area contributed by atoms with Crippen LogP contribution in [0.3, 0.4) is 0 Å². The van der Waals surface area contributed by atoms with Crippen LogP contribution < -0.4 is 10.1 Å². The second kappa shape index (κ2) is 9.22. The third-order valence-electron chi connectivity index (χ3n) is 5.19. The first-order valence-corrected chi connectivity index (χ1v) is 11.4. The van der Waals surface area contributed by atoms with Gasteiger partial charge < -0.3 is 10.1 Å². The molecule has 0 saturated heterocycles. The summed E-state index contributed by atoms with van der Waals surface area (Å²) in [6, 6.07) is 26.8. The average molecular weight is 452 g/mol. The fourth-order valence-corrected chi connectivity index (χ4v) is 4.13. The molecule has 0 fully saturated rings. The number of nitrogens with zero attached hydrogens (tertiary/aromatic N) is 2. The number of rotatable bonds is 6. The minimum atomic E-state index is -0.177. The van der Waals surface area contributed by atoms with Crippen molar-refractivity contribution in [3.63, 3.8) is 0 Å². The molecule has 2 heterocycles. The Hall–Kier alpha value is -4.03. The molecule has 33 heavy (non-hydrogen) atoms. The number of anilines is 1. The van der Waals surface area contributed by atoms with Crippen LogP contribution in [-0.4, -0.2) is 15.9 Å². The van der Waals surface area contributed by atoms with Crippen molar-refractivity contribution in [3.8, 4) is 17.0 Å². The molecule has 6 heteroatoms. The number of thiazole rings is 1. The summed E-state index contributed by atoms with van der Waals surface area (Å²) in [5.74, 6) is 0.506. The Morgan fingerprint density at radius 1 is 0.939 bits per heavy atom. The molecule has 5 aromatic rings. The van der Waals surface area contributed by atoms with Crippen molar-refractivity contribution in [2.24, 2.45) is 0 Å². The molecular weight excluding hydrogens is 430 g/mol. The van der Waals surface area contributed by atoms with Gasteiger partial charge in [-0.15, -0.1) is 11.3 Å². The van der Waals surface area contributed by atoms with Crippen molar-refractivity contribution in [2.45, 2.75) is 13.5 Å². The molecule has 0 bridgehead atoms. The highest BCUT2D eigenvalue weighted by molar-refractivity contribution is 7.09. The molecule has 0 saturated carbocycles. The number of nitrogens with one attached hydrogen (secondary N) is 1. The van der Waals surface area contributed by atoms with Gasteiger partial charge in [-0.25, -0.2) is 9.97 Å². The predicted molar refractivity (Wildman–Crippen MR) is 133 cm³/mol. The van der Waals surface area contributed by atoms with Gasteiger partial charge in [0.05, 0.1) is 21.9 Å². The van der Waals surface area contributed by atoms with E-state index in [4.69, 9.17) is 4.74 Å². The molecule has 0 radical (unpaired) electrons. The Morgan fingerprint density at radius 3 is 2.61 bits per heavy atom. The van der Waals surface area contributed by atoms with Crippen LogP contribution in [0.4, 0.5) is 5.69 Å². The van der Waals surface area contributed by atoms with Gasteiger partial charge in [0.25, 0.3) is 5.91 Å². The number of benzene rings is 3. The molecule has 0 aliphatic rings. The van der Waals surface area contributed by atoms with Crippen LogP contribution in [0.2, 0.25) is 0 Å². The summed E-state index contributed by atoms with van der Waals surface area (Å²) in [7, 11) is 0. The third kappa shape index (κ3) is 4.91. The van der Waals surface area contributed by atoms with Crippen LogP contribution in [0.25, 0.3) is 22.2 Å². The van der Waals surface area contributed by atoms with Gasteiger partial charge in [-0.05, 0) is 55.5 Å². The van der Waals surface area contributed by atoms with Gasteiger partial charge in [-0.3, -0.25) is 4.79 Å². The minimum Gasteiger partial charge on any atom is -0.487 e. The normalized spacial score (nSPS) is 10.8. The van der Waals surface area contributed by atoms with E-state index >= 15 is 0 Å². The lowest BCUT2D eigenvalue weighted by molar-refractivity contribution is 0.102. The maximum atomic E-state index is 12.7. The van der Waals surface area contributed by atoms with Gasteiger partial charge in [0.2, 0.25) is 0 Å². The quantitative estimate of drug-likeness (QED) is 0.320. The summed E-state index contributed by atoms with van der Waals surface area (Å²) >= 11 is 1.61. The summed E-state index contributed by atoms with van der Waals surface area (Å²) in [6.45, 7) is 2.34. The Kier molecular flexibility index (Phi) is 5.83. The lowest BCUT2D eigenvalue weighted by Gasteiger charge is -2.09. The van der Waals surface area contributed by atoms with Crippen LogP contribution in [0.5, 0.6) is 5.75 Å². The van der Waals surface area contributed by atoms with Gasteiger partial charge in [0, 0.05) is 27.6 Å². The van der Waals surface area contributed by atoms with E-state index in [0.29, 0.717) is 17.9 Å². The zero-order valence-corrected chi connectivity index (χ0v) is 18.8. The number of fused-ring (bicyclic) bond motifs is 1. The number of ether oxygens (including phenoxy) is 1. The highest BCUT2D eigenvalue weighted by Crippen LogP contribution is 2.24. The monoisotopic (exact) mass is 451 g/mol. The predicted octanol–water partition coefficient (Wildman–Crippen LogP) is 6.50. The second-order valence-electron chi connectivity index (χ2n) is 7.60. The lowest BCUT2D eigenvalue weighted by atomic mass is 10.1. The lowest BCUT2D eigenvalue weighted by Crippen LogP contribution is -2.11. The SMILES string of the molecule is Cc1nc(-c2cccc(NC(=O)c3ccc(OCc4ccc5ccccc5n4)cc3)c2)cs1. The van der Waals surface area contributed by atoms with Crippen molar-refractivity contribution in [1.82, 2.24) is 9.97 Å². The van der Waals surface area contributed by atoms with Crippen LogP contribution in [0, 0.1) is 6.92 Å². The van der Waals surface area contributed by atoms with Crippen molar-refractivity contribution in [2.75, 3.05) is 5.32 Å². The van der Waals surface area contributed by atoms with Gasteiger partial charge >= 0.3 is 0 Å². The van der Waals surface area contributed by atoms with E-state index < -0.39 is 0 Å². The summed E-state index contributed by atoms with van der Waals surface area (Å²) in [4.78, 5) is 21.8. The highest BCUT2D eigenvalue weighted by Gasteiger charge is 2.09. The molecular formula is C27H21N3O2S. The van der Waals surface area contributed by atoms with E-state index in [2.05, 4.69) is 15.3 Å². The summed E-state index contributed by atoms with van der Waals surface area (Å²) in [5, 5.41) is 7.08. The first-order chi connectivity index (χ1) is 16.1. The van der Waals surface area contributed by atoms with Crippen LogP contribution in [0.1, 0.15) is 21.1 Å². The maximum absolute atomic E-state index is 12.7. The number of amides is 1. The first kappa shape index (κ1) is 20.8.